The second-order valence-corrected chi connectivity index (χ2v) is 6.71. The summed E-state index contributed by atoms with van der Waals surface area (Å²) in [6, 6.07) is 2.05. The van der Waals surface area contributed by atoms with E-state index in [1.165, 1.54) is 0 Å². The number of imidazole rings is 1. The average molecular weight is 303 g/mol. The number of aromatic amines is 1. The van der Waals surface area contributed by atoms with Crippen molar-refractivity contribution >= 4 is 11.3 Å². The largest absolute Gasteiger partial charge is 0.378 e. The molecular formula is C15H17N3O2S. The zero-order chi connectivity index (χ0) is 15.2. The van der Waals surface area contributed by atoms with E-state index in [0.29, 0.717) is 12.2 Å². The molecule has 1 aliphatic rings. The van der Waals surface area contributed by atoms with Crippen molar-refractivity contribution in [2.45, 2.75) is 32.5 Å². The molecule has 0 saturated carbocycles. The number of H-pyrrole nitrogens is 1. The second-order valence-electron chi connectivity index (χ2n) is 5.82. The summed E-state index contributed by atoms with van der Waals surface area (Å²) in [6.07, 6.45) is 0. The van der Waals surface area contributed by atoms with Crippen LogP contribution in [0.2, 0.25) is 0 Å². The molecule has 0 aliphatic carbocycles. The van der Waals surface area contributed by atoms with Gasteiger partial charge in [-0.25, -0.2) is 4.79 Å². The van der Waals surface area contributed by atoms with Gasteiger partial charge in [0.05, 0.1) is 5.69 Å². The summed E-state index contributed by atoms with van der Waals surface area (Å²) in [5, 5.41) is 12.7. The molecule has 0 atom stereocenters. The molecule has 0 amide bonds. The molecule has 2 N–H and O–H groups in total. The Balaban J connectivity index is 2.20. The SMILES string of the molecule is CN1Cc2ccsc2-n2c(c(C#CC(C)(C)O)[nH]c2=O)C1. The Hall–Kier alpha value is -1.81. The summed E-state index contributed by atoms with van der Waals surface area (Å²) in [6.45, 7) is 4.68. The number of nitrogens with one attached hydrogen (secondary N) is 1. The van der Waals surface area contributed by atoms with Crippen LogP contribution in [0.1, 0.15) is 30.8 Å². The molecule has 2 aromatic heterocycles. The van der Waals surface area contributed by atoms with Gasteiger partial charge in [-0.3, -0.25) is 14.5 Å². The van der Waals surface area contributed by atoms with Crippen LogP contribution in [0.3, 0.4) is 0 Å². The molecule has 1 aliphatic heterocycles. The maximum atomic E-state index is 12.3. The Morgan fingerprint density at radius 1 is 1.43 bits per heavy atom. The van der Waals surface area contributed by atoms with Gasteiger partial charge >= 0.3 is 5.69 Å². The van der Waals surface area contributed by atoms with Gasteiger partial charge in [0, 0.05) is 18.7 Å². The minimum absolute atomic E-state index is 0.177. The van der Waals surface area contributed by atoms with Gasteiger partial charge in [0.1, 0.15) is 16.3 Å². The van der Waals surface area contributed by atoms with Crippen molar-refractivity contribution in [3.8, 4) is 16.8 Å². The fraction of sp³-hybridized carbons (Fsp3) is 0.400. The van der Waals surface area contributed by atoms with Gasteiger partial charge < -0.3 is 5.11 Å². The molecule has 0 radical (unpaired) electrons. The molecule has 0 unspecified atom stereocenters. The standard InChI is InChI=1S/C15H17N3O2S/c1-15(2,20)6-4-11-12-9-17(3)8-10-5-7-21-13(10)18(12)14(19)16-11/h5,7,20H,8-9H2,1-3H3,(H,16,19). The van der Waals surface area contributed by atoms with Crippen LogP contribution in [0.25, 0.3) is 5.00 Å². The van der Waals surface area contributed by atoms with Gasteiger partial charge in [0.2, 0.25) is 0 Å². The second kappa shape index (κ2) is 4.88. The molecule has 3 rings (SSSR count). The van der Waals surface area contributed by atoms with E-state index in [4.69, 9.17) is 0 Å². The first kappa shape index (κ1) is 14.1. The maximum absolute atomic E-state index is 12.3. The number of nitrogens with zero attached hydrogens (tertiary/aromatic N) is 2. The van der Waals surface area contributed by atoms with Crippen molar-refractivity contribution in [3.05, 3.63) is 38.9 Å². The minimum atomic E-state index is -1.09. The molecule has 0 fully saturated rings. The van der Waals surface area contributed by atoms with E-state index in [1.807, 2.05) is 18.5 Å². The highest BCUT2D eigenvalue weighted by molar-refractivity contribution is 7.12. The van der Waals surface area contributed by atoms with Gasteiger partial charge in [0.15, 0.2) is 0 Å². The maximum Gasteiger partial charge on any atom is 0.332 e. The van der Waals surface area contributed by atoms with Crippen molar-refractivity contribution in [3.63, 3.8) is 0 Å². The van der Waals surface area contributed by atoms with Crippen LogP contribution in [-0.2, 0) is 13.1 Å². The number of rotatable bonds is 0. The van der Waals surface area contributed by atoms with Gasteiger partial charge in [-0.1, -0.05) is 5.92 Å². The molecule has 0 aromatic carbocycles. The van der Waals surface area contributed by atoms with Crippen molar-refractivity contribution in [2.24, 2.45) is 0 Å². The Morgan fingerprint density at radius 3 is 2.90 bits per heavy atom. The van der Waals surface area contributed by atoms with E-state index < -0.39 is 5.60 Å². The first-order chi connectivity index (χ1) is 9.85. The summed E-state index contributed by atoms with van der Waals surface area (Å²) in [5.41, 5.74) is 1.31. The van der Waals surface area contributed by atoms with Crippen LogP contribution in [0.15, 0.2) is 16.2 Å². The predicted octanol–water partition coefficient (Wildman–Crippen LogP) is 1.29. The topological polar surface area (TPSA) is 61.3 Å². The zero-order valence-electron chi connectivity index (χ0n) is 12.2. The van der Waals surface area contributed by atoms with Gasteiger partial charge in [-0.2, -0.15) is 0 Å². The van der Waals surface area contributed by atoms with Crippen LogP contribution in [-0.4, -0.2) is 32.2 Å². The highest BCUT2D eigenvalue weighted by atomic mass is 32.1. The van der Waals surface area contributed by atoms with Crippen LogP contribution in [0, 0.1) is 11.8 Å². The number of fused-ring (bicyclic) bond motifs is 3. The van der Waals surface area contributed by atoms with E-state index >= 15 is 0 Å². The quantitative estimate of drug-likeness (QED) is 0.721. The lowest BCUT2D eigenvalue weighted by Gasteiger charge is -2.12. The average Bonchev–Trinajstić information content (AvgIpc) is 2.88. The molecule has 6 heteroatoms. The van der Waals surface area contributed by atoms with E-state index in [2.05, 4.69) is 21.7 Å². The zero-order valence-corrected chi connectivity index (χ0v) is 13.0. The van der Waals surface area contributed by atoms with Crippen molar-refractivity contribution in [1.82, 2.24) is 14.5 Å². The first-order valence-electron chi connectivity index (χ1n) is 6.70. The Kier molecular flexibility index (Phi) is 3.29. The fourth-order valence-corrected chi connectivity index (χ4v) is 3.34. The summed E-state index contributed by atoms with van der Waals surface area (Å²) in [5.74, 6) is 5.67. The molecule has 0 saturated heterocycles. The summed E-state index contributed by atoms with van der Waals surface area (Å²) in [7, 11) is 2.02. The van der Waals surface area contributed by atoms with Crippen molar-refractivity contribution in [2.75, 3.05) is 7.05 Å². The lowest BCUT2D eigenvalue weighted by Crippen LogP contribution is -2.18. The highest BCUT2D eigenvalue weighted by Crippen LogP contribution is 2.27. The molecule has 3 heterocycles. The molecule has 21 heavy (non-hydrogen) atoms. The normalized spacial score (nSPS) is 14.9. The molecule has 2 aromatic rings. The van der Waals surface area contributed by atoms with Gasteiger partial charge in [-0.05, 0) is 38.3 Å². The number of aromatic nitrogens is 2. The molecule has 0 spiro atoms. The van der Waals surface area contributed by atoms with E-state index in [0.717, 1.165) is 22.8 Å². The molecule has 110 valence electrons. The minimum Gasteiger partial charge on any atom is -0.378 e. The Bertz CT molecular complexity index is 795. The summed E-state index contributed by atoms with van der Waals surface area (Å²) < 4.78 is 1.71. The smallest absolute Gasteiger partial charge is 0.332 e. The number of hydrogen-bond acceptors (Lipinski definition) is 4. The molecule has 5 nitrogen and oxygen atoms in total. The summed E-state index contributed by atoms with van der Waals surface area (Å²) in [4.78, 5) is 17.2. The monoisotopic (exact) mass is 303 g/mol. The Morgan fingerprint density at radius 2 is 2.19 bits per heavy atom. The van der Waals surface area contributed by atoms with Crippen molar-refractivity contribution in [1.29, 1.82) is 0 Å². The fourth-order valence-electron chi connectivity index (χ4n) is 2.40. The Labute approximate surface area is 126 Å². The lowest BCUT2D eigenvalue weighted by molar-refractivity contribution is 0.143. The van der Waals surface area contributed by atoms with Crippen molar-refractivity contribution < 1.29 is 5.11 Å². The van der Waals surface area contributed by atoms with E-state index in [-0.39, 0.29) is 5.69 Å². The number of aliphatic hydroxyl groups is 1. The third kappa shape index (κ3) is 2.68. The van der Waals surface area contributed by atoms with Crippen LogP contribution in [0.4, 0.5) is 0 Å². The number of thiophene rings is 1. The van der Waals surface area contributed by atoms with Crippen LogP contribution < -0.4 is 5.69 Å². The molecule has 0 bridgehead atoms. The molecular weight excluding hydrogens is 286 g/mol. The van der Waals surface area contributed by atoms with E-state index in [1.54, 1.807) is 29.8 Å². The third-order valence-electron chi connectivity index (χ3n) is 3.27. The van der Waals surface area contributed by atoms with Gasteiger partial charge in [0.25, 0.3) is 0 Å². The number of hydrogen-bond donors (Lipinski definition) is 2. The van der Waals surface area contributed by atoms with Crippen LogP contribution >= 0.6 is 11.3 Å². The predicted molar refractivity (Wildman–Crippen MR) is 82.6 cm³/mol. The first-order valence-corrected chi connectivity index (χ1v) is 7.58. The van der Waals surface area contributed by atoms with Gasteiger partial charge in [-0.15, -0.1) is 11.3 Å². The van der Waals surface area contributed by atoms with E-state index in [9.17, 15) is 9.90 Å². The summed E-state index contributed by atoms with van der Waals surface area (Å²) >= 11 is 1.55. The lowest BCUT2D eigenvalue weighted by atomic mass is 10.1. The third-order valence-corrected chi connectivity index (χ3v) is 4.21. The van der Waals surface area contributed by atoms with Crippen LogP contribution in [0.5, 0.6) is 0 Å². The highest BCUT2D eigenvalue weighted by Gasteiger charge is 2.23.